The lowest BCUT2D eigenvalue weighted by molar-refractivity contribution is -0.122. The van der Waals surface area contributed by atoms with E-state index in [2.05, 4.69) is 87.9 Å². The van der Waals surface area contributed by atoms with Gasteiger partial charge >= 0.3 is 0 Å². The first-order valence-electron chi connectivity index (χ1n) is 12.2. The van der Waals surface area contributed by atoms with E-state index in [-0.39, 0.29) is 5.91 Å². The highest BCUT2D eigenvalue weighted by molar-refractivity contribution is 5.76. The van der Waals surface area contributed by atoms with Gasteiger partial charge in [0.15, 0.2) is 0 Å². The van der Waals surface area contributed by atoms with Crippen molar-refractivity contribution in [3.63, 3.8) is 0 Å². The van der Waals surface area contributed by atoms with Crippen molar-refractivity contribution in [3.05, 3.63) is 77.9 Å². The lowest BCUT2D eigenvalue weighted by Crippen LogP contribution is -2.37. The monoisotopic (exact) mass is 431 g/mol. The van der Waals surface area contributed by atoms with E-state index in [1.165, 1.54) is 24.0 Å². The minimum atomic E-state index is 0.241. The van der Waals surface area contributed by atoms with Crippen LogP contribution in [-0.4, -0.2) is 54.5 Å². The number of amides is 1. The van der Waals surface area contributed by atoms with Crippen molar-refractivity contribution in [1.29, 1.82) is 0 Å². The molecule has 0 unspecified atom stereocenters. The Kier molecular flexibility index (Phi) is 8.52. The number of rotatable bonds is 9. The number of nitrogens with zero attached hydrogens (tertiary/aromatic N) is 2. The number of carbonyl (C=O) groups is 1. The molecule has 1 amide bonds. The Morgan fingerprint density at radius 3 is 2.34 bits per heavy atom. The van der Waals surface area contributed by atoms with Crippen LogP contribution in [0.2, 0.25) is 0 Å². The number of hydrogen-bond acceptors (Lipinski definition) is 3. The van der Waals surface area contributed by atoms with Gasteiger partial charge in [-0.2, -0.15) is 0 Å². The fourth-order valence-corrected chi connectivity index (χ4v) is 4.93. The third-order valence-corrected chi connectivity index (χ3v) is 6.85. The predicted molar refractivity (Wildman–Crippen MR) is 132 cm³/mol. The Labute approximate surface area is 193 Å². The molecule has 0 saturated carbocycles. The lowest BCUT2D eigenvalue weighted by atomic mass is 9.92. The quantitative estimate of drug-likeness (QED) is 0.631. The van der Waals surface area contributed by atoms with Gasteiger partial charge in [0.05, 0.1) is 0 Å². The Morgan fingerprint density at radius 1 is 0.906 bits per heavy atom. The van der Waals surface area contributed by atoms with E-state index >= 15 is 0 Å². The van der Waals surface area contributed by atoms with Crippen LogP contribution in [0.25, 0.3) is 6.08 Å². The summed E-state index contributed by atoms with van der Waals surface area (Å²) >= 11 is 0. The van der Waals surface area contributed by atoms with E-state index in [1.54, 1.807) is 0 Å². The van der Waals surface area contributed by atoms with E-state index in [9.17, 15) is 4.79 Å². The van der Waals surface area contributed by atoms with Crippen LogP contribution < -0.4 is 5.32 Å². The van der Waals surface area contributed by atoms with Gasteiger partial charge in [-0.3, -0.25) is 14.6 Å². The molecular formula is C28H37N3O. The molecule has 0 spiro atoms. The maximum Gasteiger partial charge on any atom is 0.220 e. The van der Waals surface area contributed by atoms with Crippen LogP contribution >= 0.6 is 0 Å². The number of hydrogen-bond donors (Lipinski definition) is 1. The molecule has 1 N–H and O–H groups in total. The summed E-state index contributed by atoms with van der Waals surface area (Å²) in [4.78, 5) is 17.5. The summed E-state index contributed by atoms with van der Waals surface area (Å²) in [5.74, 6) is 0.929. The van der Waals surface area contributed by atoms with Crippen LogP contribution in [0.1, 0.15) is 43.2 Å². The zero-order valence-corrected chi connectivity index (χ0v) is 19.2. The molecule has 4 nitrogen and oxygen atoms in total. The topological polar surface area (TPSA) is 35.6 Å². The minimum Gasteiger partial charge on any atom is -0.352 e. The van der Waals surface area contributed by atoms with E-state index in [4.69, 9.17) is 0 Å². The smallest absolute Gasteiger partial charge is 0.220 e. The van der Waals surface area contributed by atoms with Crippen molar-refractivity contribution < 1.29 is 4.79 Å². The minimum absolute atomic E-state index is 0.241. The maximum atomic E-state index is 12.5. The van der Waals surface area contributed by atoms with Gasteiger partial charge in [0, 0.05) is 38.6 Å². The first kappa shape index (κ1) is 22.8. The molecule has 2 aromatic carbocycles. The van der Waals surface area contributed by atoms with E-state index in [0.29, 0.717) is 18.4 Å². The average molecular weight is 432 g/mol. The van der Waals surface area contributed by atoms with Crippen molar-refractivity contribution in [3.8, 4) is 0 Å². The summed E-state index contributed by atoms with van der Waals surface area (Å²) in [5.41, 5.74) is 2.61. The Bertz CT molecular complexity index is 843. The predicted octanol–water partition coefficient (Wildman–Crippen LogP) is 4.58. The van der Waals surface area contributed by atoms with Gasteiger partial charge in [0.2, 0.25) is 5.91 Å². The molecule has 1 atom stereocenters. The highest BCUT2D eigenvalue weighted by Gasteiger charge is 2.24. The van der Waals surface area contributed by atoms with Crippen LogP contribution in [0, 0.1) is 5.92 Å². The van der Waals surface area contributed by atoms with Crippen LogP contribution in [0.3, 0.4) is 0 Å². The summed E-state index contributed by atoms with van der Waals surface area (Å²) in [7, 11) is 0. The number of benzene rings is 2. The van der Waals surface area contributed by atoms with Crippen molar-refractivity contribution in [2.24, 2.45) is 5.92 Å². The third kappa shape index (κ3) is 7.32. The maximum absolute atomic E-state index is 12.5. The van der Waals surface area contributed by atoms with Gasteiger partial charge in [-0.15, -0.1) is 0 Å². The third-order valence-electron chi connectivity index (χ3n) is 6.85. The van der Waals surface area contributed by atoms with Crippen LogP contribution in [0.5, 0.6) is 0 Å². The summed E-state index contributed by atoms with van der Waals surface area (Å²) < 4.78 is 0. The molecule has 0 aliphatic carbocycles. The van der Waals surface area contributed by atoms with Gasteiger partial charge in [0.1, 0.15) is 0 Å². The van der Waals surface area contributed by atoms with Gasteiger partial charge in [-0.25, -0.2) is 0 Å². The molecule has 2 saturated heterocycles. The first-order valence-corrected chi connectivity index (χ1v) is 12.2. The molecule has 2 fully saturated rings. The van der Waals surface area contributed by atoms with Gasteiger partial charge in [-0.05, 0) is 55.8 Å². The lowest BCUT2D eigenvalue weighted by Gasteiger charge is -2.31. The van der Waals surface area contributed by atoms with Crippen molar-refractivity contribution in [2.45, 2.75) is 44.7 Å². The highest BCUT2D eigenvalue weighted by atomic mass is 16.1. The van der Waals surface area contributed by atoms with Crippen molar-refractivity contribution >= 4 is 12.0 Å². The summed E-state index contributed by atoms with van der Waals surface area (Å²) in [6.45, 7) is 6.31. The van der Waals surface area contributed by atoms with Gasteiger partial charge in [-0.1, -0.05) is 72.8 Å². The molecular weight excluding hydrogens is 394 g/mol. The van der Waals surface area contributed by atoms with Crippen molar-refractivity contribution in [2.75, 3.05) is 32.7 Å². The molecule has 2 heterocycles. The molecule has 2 aliphatic rings. The van der Waals surface area contributed by atoms with E-state index in [0.717, 1.165) is 52.1 Å². The molecule has 0 aromatic heterocycles. The first-order chi connectivity index (χ1) is 15.7. The second kappa shape index (κ2) is 12.0. The SMILES string of the molecule is O=C(CCC1CCN(C/C=C/c2ccccc2)CC1)N[C@@H]1CCN(Cc2ccccc2)C1. The second-order valence-corrected chi connectivity index (χ2v) is 9.37. The van der Waals surface area contributed by atoms with Crippen LogP contribution in [-0.2, 0) is 11.3 Å². The molecule has 0 radical (unpaired) electrons. The Hall–Kier alpha value is -2.43. The highest BCUT2D eigenvalue weighted by Crippen LogP contribution is 2.22. The second-order valence-electron chi connectivity index (χ2n) is 9.37. The molecule has 4 heteroatoms. The number of carbonyl (C=O) groups excluding carboxylic acids is 1. The molecule has 2 aliphatic heterocycles. The normalized spacial score (nSPS) is 20.7. The van der Waals surface area contributed by atoms with Gasteiger partial charge in [0.25, 0.3) is 0 Å². The summed E-state index contributed by atoms with van der Waals surface area (Å²) in [5, 5.41) is 3.29. The van der Waals surface area contributed by atoms with Crippen molar-refractivity contribution in [1.82, 2.24) is 15.1 Å². The largest absolute Gasteiger partial charge is 0.352 e. The average Bonchev–Trinajstić information content (AvgIpc) is 3.26. The van der Waals surface area contributed by atoms with Crippen LogP contribution in [0.15, 0.2) is 66.7 Å². The van der Waals surface area contributed by atoms with E-state index in [1.807, 2.05) is 0 Å². The van der Waals surface area contributed by atoms with E-state index < -0.39 is 0 Å². The van der Waals surface area contributed by atoms with Crippen LogP contribution in [0.4, 0.5) is 0 Å². The summed E-state index contributed by atoms with van der Waals surface area (Å²) in [6.07, 6.45) is 9.66. The number of piperidine rings is 1. The number of nitrogens with one attached hydrogen (secondary N) is 1. The molecule has 32 heavy (non-hydrogen) atoms. The molecule has 170 valence electrons. The standard InChI is InChI=1S/C28H37N3O/c32-28(29-27-17-21-31(23-27)22-26-10-5-2-6-11-26)14-13-25-15-19-30(20-16-25)18-7-12-24-8-3-1-4-9-24/h1-12,25,27H,13-23H2,(H,29,32)/b12-7+/t27-/m1/s1. The zero-order chi connectivity index (χ0) is 22.0. The molecule has 0 bridgehead atoms. The Morgan fingerprint density at radius 2 is 1.59 bits per heavy atom. The Balaban J connectivity index is 1.08. The fourth-order valence-electron chi connectivity index (χ4n) is 4.93. The molecule has 4 rings (SSSR count). The van der Waals surface area contributed by atoms with Gasteiger partial charge < -0.3 is 5.32 Å². The zero-order valence-electron chi connectivity index (χ0n) is 19.2. The molecule has 2 aromatic rings. The summed E-state index contributed by atoms with van der Waals surface area (Å²) in [6, 6.07) is 21.4. The fraction of sp³-hybridized carbons (Fsp3) is 0.464. The number of likely N-dealkylation sites (tertiary alicyclic amines) is 2.